The monoisotopic (exact) mass is 327 g/mol. The van der Waals surface area contributed by atoms with Gasteiger partial charge in [-0.1, -0.05) is 26.0 Å². The number of hydrogen-bond donors (Lipinski definition) is 1. The number of benzene rings is 2. The summed E-state index contributed by atoms with van der Waals surface area (Å²) in [6.45, 7) is 3.98. The first-order valence-corrected chi connectivity index (χ1v) is 7.90. The van der Waals surface area contributed by atoms with Crippen LogP contribution in [0.15, 0.2) is 42.5 Å². The molecule has 5 heteroatoms. The predicted octanol–water partition coefficient (Wildman–Crippen LogP) is 3.65. The van der Waals surface area contributed by atoms with Crippen LogP contribution in [0.25, 0.3) is 0 Å². The van der Waals surface area contributed by atoms with Crippen molar-refractivity contribution in [2.75, 3.05) is 6.79 Å². The molecule has 0 bridgehead atoms. The van der Waals surface area contributed by atoms with Gasteiger partial charge >= 0.3 is 0 Å². The lowest BCUT2D eigenvalue weighted by Gasteiger charge is -2.20. The van der Waals surface area contributed by atoms with Gasteiger partial charge in [0.25, 0.3) is 0 Å². The predicted molar refractivity (Wildman–Crippen MR) is 90.4 cm³/mol. The van der Waals surface area contributed by atoms with Gasteiger partial charge in [-0.2, -0.15) is 0 Å². The molecule has 1 amide bonds. The second-order valence-corrected chi connectivity index (χ2v) is 6.51. The molecule has 1 aliphatic heterocycles. The van der Waals surface area contributed by atoms with Crippen molar-refractivity contribution in [1.29, 1.82) is 0 Å². The second kappa shape index (κ2) is 6.43. The van der Waals surface area contributed by atoms with Gasteiger partial charge in [-0.05, 0) is 42.7 Å². The fourth-order valence-electron chi connectivity index (χ4n) is 2.38. The Morgan fingerprint density at radius 2 is 1.75 bits per heavy atom. The minimum absolute atomic E-state index is 0.245. The maximum absolute atomic E-state index is 11.4. The Hall–Kier alpha value is -2.69. The Balaban J connectivity index is 1.61. The van der Waals surface area contributed by atoms with Crippen LogP contribution in [0.2, 0.25) is 0 Å². The zero-order chi connectivity index (χ0) is 17.2. The largest absolute Gasteiger partial charge is 0.457 e. The van der Waals surface area contributed by atoms with E-state index in [1.165, 1.54) is 0 Å². The van der Waals surface area contributed by atoms with E-state index in [4.69, 9.17) is 19.9 Å². The van der Waals surface area contributed by atoms with E-state index >= 15 is 0 Å². The number of hydrogen-bond acceptors (Lipinski definition) is 4. The molecule has 2 aromatic carbocycles. The van der Waals surface area contributed by atoms with Crippen LogP contribution < -0.4 is 19.9 Å². The van der Waals surface area contributed by atoms with Gasteiger partial charge in [-0.15, -0.1) is 0 Å². The number of aryl methyl sites for hydroxylation is 1. The molecule has 0 unspecified atom stereocenters. The summed E-state index contributed by atoms with van der Waals surface area (Å²) in [5.74, 6) is 2.59. The summed E-state index contributed by atoms with van der Waals surface area (Å²) in [6, 6.07) is 13.3. The molecule has 3 rings (SSSR count). The van der Waals surface area contributed by atoms with E-state index in [1.54, 1.807) is 0 Å². The lowest BCUT2D eigenvalue weighted by molar-refractivity contribution is -0.126. The summed E-state index contributed by atoms with van der Waals surface area (Å²) in [6.07, 6.45) is 1.50. The number of carbonyl (C=O) groups excluding carboxylic acids is 1. The fourth-order valence-corrected chi connectivity index (χ4v) is 2.38. The third-order valence-electron chi connectivity index (χ3n) is 4.21. The Bertz CT molecular complexity index is 738. The molecule has 0 atom stereocenters. The molecule has 5 nitrogen and oxygen atoms in total. The van der Waals surface area contributed by atoms with Gasteiger partial charge in [0.05, 0.1) is 0 Å². The van der Waals surface area contributed by atoms with Crippen LogP contribution in [0.5, 0.6) is 23.0 Å². The summed E-state index contributed by atoms with van der Waals surface area (Å²) in [7, 11) is 0. The zero-order valence-electron chi connectivity index (χ0n) is 13.9. The fraction of sp³-hybridized carbons (Fsp3) is 0.316. The van der Waals surface area contributed by atoms with E-state index in [9.17, 15) is 4.79 Å². The van der Waals surface area contributed by atoms with E-state index in [-0.39, 0.29) is 12.7 Å². The minimum atomic E-state index is -0.498. The summed E-state index contributed by atoms with van der Waals surface area (Å²) in [5.41, 5.74) is 6.05. The summed E-state index contributed by atoms with van der Waals surface area (Å²) in [5, 5.41) is 0. The van der Waals surface area contributed by atoms with E-state index in [1.807, 2.05) is 56.3 Å². The van der Waals surface area contributed by atoms with Crippen LogP contribution in [-0.2, 0) is 11.2 Å². The van der Waals surface area contributed by atoms with Gasteiger partial charge in [0, 0.05) is 11.5 Å². The third-order valence-corrected chi connectivity index (χ3v) is 4.21. The molecule has 0 aromatic heterocycles. The van der Waals surface area contributed by atoms with Crippen LogP contribution >= 0.6 is 0 Å². The van der Waals surface area contributed by atoms with Crippen LogP contribution in [0.4, 0.5) is 0 Å². The highest BCUT2D eigenvalue weighted by molar-refractivity contribution is 5.79. The first kappa shape index (κ1) is 16.2. The van der Waals surface area contributed by atoms with Crippen molar-refractivity contribution in [3.05, 3.63) is 48.0 Å². The first-order valence-electron chi connectivity index (χ1n) is 7.90. The highest BCUT2D eigenvalue weighted by atomic mass is 16.7. The lowest BCUT2D eigenvalue weighted by Crippen LogP contribution is -2.31. The lowest BCUT2D eigenvalue weighted by atomic mass is 9.85. The quantitative estimate of drug-likeness (QED) is 0.879. The molecule has 1 aliphatic rings. The second-order valence-electron chi connectivity index (χ2n) is 6.51. The summed E-state index contributed by atoms with van der Waals surface area (Å²) >= 11 is 0. The Labute approximate surface area is 141 Å². The highest BCUT2D eigenvalue weighted by Gasteiger charge is 2.24. The molecular formula is C19H21NO4. The van der Waals surface area contributed by atoms with Crippen molar-refractivity contribution >= 4 is 5.91 Å². The van der Waals surface area contributed by atoms with Crippen molar-refractivity contribution in [3.63, 3.8) is 0 Å². The van der Waals surface area contributed by atoms with Crippen LogP contribution in [0, 0.1) is 5.41 Å². The van der Waals surface area contributed by atoms with Crippen molar-refractivity contribution in [3.8, 4) is 23.0 Å². The summed E-state index contributed by atoms with van der Waals surface area (Å²) in [4.78, 5) is 11.4. The molecule has 24 heavy (non-hydrogen) atoms. The molecule has 2 aromatic rings. The van der Waals surface area contributed by atoms with Crippen LogP contribution in [0.3, 0.4) is 0 Å². The third kappa shape index (κ3) is 3.62. The zero-order valence-corrected chi connectivity index (χ0v) is 13.9. The SMILES string of the molecule is CC(C)(CCc1ccc(Oc2ccc3c(c2)OCO3)cc1)C(N)=O. The maximum Gasteiger partial charge on any atom is 0.231 e. The molecule has 0 aliphatic carbocycles. The first-order chi connectivity index (χ1) is 11.4. The van der Waals surface area contributed by atoms with Gasteiger partial charge in [0.15, 0.2) is 11.5 Å². The van der Waals surface area contributed by atoms with Gasteiger partial charge in [-0.3, -0.25) is 4.79 Å². The molecular weight excluding hydrogens is 306 g/mol. The van der Waals surface area contributed by atoms with Crippen molar-refractivity contribution < 1.29 is 19.0 Å². The molecule has 0 saturated carbocycles. The van der Waals surface area contributed by atoms with E-state index < -0.39 is 5.41 Å². The molecule has 2 N–H and O–H groups in total. The Morgan fingerprint density at radius 3 is 2.46 bits per heavy atom. The van der Waals surface area contributed by atoms with Gasteiger partial charge < -0.3 is 19.9 Å². The standard InChI is InChI=1S/C19H21NO4/c1-19(2,18(20)21)10-9-13-3-5-14(6-4-13)24-15-7-8-16-17(11-15)23-12-22-16/h3-8,11H,9-10,12H2,1-2H3,(H2,20,21). The van der Waals surface area contributed by atoms with Crippen LogP contribution in [-0.4, -0.2) is 12.7 Å². The molecule has 126 valence electrons. The topological polar surface area (TPSA) is 70.8 Å². The smallest absolute Gasteiger partial charge is 0.231 e. The number of rotatable bonds is 6. The van der Waals surface area contributed by atoms with Crippen molar-refractivity contribution in [1.82, 2.24) is 0 Å². The van der Waals surface area contributed by atoms with Crippen molar-refractivity contribution in [2.45, 2.75) is 26.7 Å². The molecule has 0 fully saturated rings. The van der Waals surface area contributed by atoms with Crippen molar-refractivity contribution in [2.24, 2.45) is 11.1 Å². The normalized spacial score (nSPS) is 12.9. The molecule has 0 spiro atoms. The van der Waals surface area contributed by atoms with E-state index in [0.717, 1.165) is 23.5 Å². The number of carbonyl (C=O) groups is 1. The van der Waals surface area contributed by atoms with Gasteiger partial charge in [-0.25, -0.2) is 0 Å². The van der Waals surface area contributed by atoms with Gasteiger partial charge in [0.1, 0.15) is 11.5 Å². The number of fused-ring (bicyclic) bond motifs is 1. The highest BCUT2D eigenvalue weighted by Crippen LogP contribution is 2.36. The van der Waals surface area contributed by atoms with Crippen LogP contribution in [0.1, 0.15) is 25.8 Å². The average Bonchev–Trinajstić information content (AvgIpc) is 3.02. The molecule has 0 saturated heterocycles. The number of nitrogens with two attached hydrogens (primary N) is 1. The number of ether oxygens (including phenoxy) is 3. The van der Waals surface area contributed by atoms with Gasteiger partial charge in [0.2, 0.25) is 12.7 Å². The maximum atomic E-state index is 11.4. The molecule has 0 radical (unpaired) electrons. The number of primary amides is 1. The summed E-state index contributed by atoms with van der Waals surface area (Å²) < 4.78 is 16.5. The minimum Gasteiger partial charge on any atom is -0.457 e. The Morgan fingerprint density at radius 1 is 1.08 bits per heavy atom. The number of amides is 1. The Kier molecular flexibility index (Phi) is 4.34. The van der Waals surface area contributed by atoms with E-state index in [0.29, 0.717) is 17.9 Å². The van der Waals surface area contributed by atoms with E-state index in [2.05, 4.69) is 0 Å². The molecule has 1 heterocycles. The average molecular weight is 327 g/mol.